The van der Waals surface area contributed by atoms with Crippen LogP contribution in [-0.4, -0.2) is 28.1 Å². The quantitative estimate of drug-likeness (QED) is 0.806. The molecule has 0 aliphatic rings. The van der Waals surface area contributed by atoms with Crippen molar-refractivity contribution in [1.82, 2.24) is 0 Å². The molecular weight excluding hydrogens is 334 g/mol. The van der Waals surface area contributed by atoms with Crippen LogP contribution in [0.3, 0.4) is 0 Å². The molecule has 0 spiro atoms. The zero-order valence-electron chi connectivity index (χ0n) is 13.1. The third-order valence-electron chi connectivity index (χ3n) is 3.11. The number of rotatable bonds is 7. The van der Waals surface area contributed by atoms with Crippen molar-refractivity contribution in [2.45, 2.75) is 11.8 Å². The lowest BCUT2D eigenvalue weighted by Gasteiger charge is -2.14. The number of nitrogens with one attached hydrogen (secondary N) is 1. The van der Waals surface area contributed by atoms with Gasteiger partial charge in [-0.05, 0) is 55.0 Å². The van der Waals surface area contributed by atoms with E-state index in [1.807, 2.05) is 6.92 Å². The van der Waals surface area contributed by atoms with E-state index in [9.17, 15) is 18.3 Å². The Morgan fingerprint density at radius 3 is 2.38 bits per heavy atom. The summed E-state index contributed by atoms with van der Waals surface area (Å²) in [7, 11) is -2.75. The molecule has 0 radical (unpaired) electrons. The number of hydrogen-bond acceptors (Lipinski definition) is 6. The van der Waals surface area contributed by atoms with E-state index < -0.39 is 16.0 Å². The fourth-order valence-corrected chi connectivity index (χ4v) is 3.26. The molecule has 0 amide bonds. The van der Waals surface area contributed by atoms with Crippen molar-refractivity contribution >= 4 is 21.7 Å². The van der Waals surface area contributed by atoms with Gasteiger partial charge in [-0.1, -0.05) is 0 Å². The molecule has 2 aromatic carbocycles. The Labute approximate surface area is 139 Å². The van der Waals surface area contributed by atoms with Gasteiger partial charge in [0.25, 0.3) is 10.0 Å². The zero-order valence-corrected chi connectivity index (χ0v) is 13.9. The van der Waals surface area contributed by atoms with Gasteiger partial charge in [-0.25, -0.2) is 8.42 Å². The molecule has 0 saturated carbocycles. The van der Waals surface area contributed by atoms with Crippen LogP contribution in [0.25, 0.3) is 0 Å². The second-order valence-corrected chi connectivity index (χ2v) is 6.37. The summed E-state index contributed by atoms with van der Waals surface area (Å²) < 4.78 is 37.7. The molecule has 24 heavy (non-hydrogen) atoms. The molecule has 0 bridgehead atoms. The molecule has 128 valence electrons. The summed E-state index contributed by atoms with van der Waals surface area (Å²) >= 11 is 0. The molecule has 1 N–H and O–H groups in total. The maximum atomic E-state index is 12.5. The Kier molecular flexibility index (Phi) is 5.30. The number of anilines is 1. The average Bonchev–Trinajstić information content (AvgIpc) is 2.56. The Morgan fingerprint density at radius 2 is 1.83 bits per heavy atom. The first-order valence-corrected chi connectivity index (χ1v) is 8.50. The third-order valence-corrected chi connectivity index (χ3v) is 4.51. The molecular formula is C16H16NO6S-. The SMILES string of the molecule is CCOc1ccc(NS(=O)(=O)c2cc(C(=O)[O-])ccc2OC)cc1. The highest BCUT2D eigenvalue weighted by Crippen LogP contribution is 2.27. The standard InChI is InChI=1S/C16H17NO6S/c1-3-23-13-7-5-12(6-8-13)17-24(20,21)15-10-11(16(18)19)4-9-14(15)22-2/h4-10,17H,3H2,1-2H3,(H,18,19)/p-1. The molecule has 8 heteroatoms. The number of carboxylic acid groups (broad SMARTS) is 1. The minimum atomic E-state index is -4.04. The van der Waals surface area contributed by atoms with Crippen molar-refractivity contribution in [1.29, 1.82) is 0 Å². The highest BCUT2D eigenvalue weighted by atomic mass is 32.2. The maximum absolute atomic E-state index is 12.5. The lowest BCUT2D eigenvalue weighted by Crippen LogP contribution is -2.23. The van der Waals surface area contributed by atoms with Crippen LogP contribution in [0.4, 0.5) is 5.69 Å². The van der Waals surface area contributed by atoms with Crippen molar-refractivity contribution in [2.24, 2.45) is 0 Å². The van der Waals surface area contributed by atoms with Crippen molar-refractivity contribution in [3.8, 4) is 11.5 Å². The first-order chi connectivity index (χ1) is 11.4. The van der Waals surface area contributed by atoms with Gasteiger partial charge >= 0.3 is 0 Å². The topological polar surface area (TPSA) is 105 Å². The number of methoxy groups -OCH3 is 1. The van der Waals surface area contributed by atoms with Crippen molar-refractivity contribution in [2.75, 3.05) is 18.4 Å². The number of carboxylic acids is 1. The summed E-state index contributed by atoms with van der Waals surface area (Å²) in [6, 6.07) is 9.79. The Bertz CT molecular complexity index is 830. The van der Waals surface area contributed by atoms with Crippen molar-refractivity contribution < 1.29 is 27.8 Å². The summed E-state index contributed by atoms with van der Waals surface area (Å²) in [6.07, 6.45) is 0. The Balaban J connectivity index is 2.35. The van der Waals surface area contributed by atoms with Crippen LogP contribution in [0, 0.1) is 0 Å². The highest BCUT2D eigenvalue weighted by molar-refractivity contribution is 7.92. The fraction of sp³-hybridized carbons (Fsp3) is 0.188. The van der Waals surface area contributed by atoms with Crippen LogP contribution < -0.4 is 19.3 Å². The number of aromatic carboxylic acids is 1. The van der Waals surface area contributed by atoms with Crippen LogP contribution in [0.2, 0.25) is 0 Å². The van der Waals surface area contributed by atoms with Gasteiger partial charge in [0.15, 0.2) is 0 Å². The van der Waals surface area contributed by atoms with E-state index in [2.05, 4.69) is 4.72 Å². The van der Waals surface area contributed by atoms with Gasteiger partial charge < -0.3 is 19.4 Å². The largest absolute Gasteiger partial charge is 0.545 e. The van der Waals surface area contributed by atoms with Crippen LogP contribution in [0.1, 0.15) is 17.3 Å². The van der Waals surface area contributed by atoms with E-state index >= 15 is 0 Å². The van der Waals surface area contributed by atoms with Crippen LogP contribution in [0.5, 0.6) is 11.5 Å². The minimum absolute atomic E-state index is 0.0263. The van der Waals surface area contributed by atoms with Gasteiger partial charge in [0.2, 0.25) is 0 Å². The average molecular weight is 350 g/mol. The first-order valence-electron chi connectivity index (χ1n) is 7.02. The number of carbonyl (C=O) groups is 1. The van der Waals surface area contributed by atoms with E-state index in [0.717, 1.165) is 6.07 Å². The number of hydrogen-bond donors (Lipinski definition) is 1. The summed E-state index contributed by atoms with van der Waals surface area (Å²) in [5.41, 5.74) is 0.0437. The zero-order chi connectivity index (χ0) is 17.7. The van der Waals surface area contributed by atoms with E-state index in [1.165, 1.54) is 31.4 Å². The summed E-state index contributed by atoms with van der Waals surface area (Å²) in [5, 5.41) is 11.0. The molecule has 2 aromatic rings. The van der Waals surface area contributed by atoms with Gasteiger partial charge in [-0.3, -0.25) is 4.72 Å². The predicted molar refractivity (Wildman–Crippen MR) is 85.7 cm³/mol. The Hall–Kier alpha value is -2.74. The van der Waals surface area contributed by atoms with Gasteiger partial charge in [0.1, 0.15) is 16.4 Å². The van der Waals surface area contributed by atoms with Crippen molar-refractivity contribution in [3.63, 3.8) is 0 Å². The lowest BCUT2D eigenvalue weighted by molar-refractivity contribution is -0.255. The molecule has 0 saturated heterocycles. The van der Waals surface area contributed by atoms with Gasteiger partial charge in [-0.15, -0.1) is 0 Å². The Morgan fingerprint density at radius 1 is 1.17 bits per heavy atom. The molecule has 0 unspecified atom stereocenters. The number of sulfonamides is 1. The van der Waals surface area contributed by atoms with Crippen molar-refractivity contribution in [3.05, 3.63) is 48.0 Å². The van der Waals surface area contributed by atoms with Crippen LogP contribution in [0.15, 0.2) is 47.4 Å². The number of benzene rings is 2. The molecule has 7 nitrogen and oxygen atoms in total. The second kappa shape index (κ2) is 7.22. The van der Waals surface area contributed by atoms with E-state index in [0.29, 0.717) is 18.0 Å². The lowest BCUT2D eigenvalue weighted by atomic mass is 10.2. The number of ether oxygens (including phenoxy) is 2. The molecule has 0 atom stereocenters. The summed E-state index contributed by atoms with van der Waals surface area (Å²) in [5.74, 6) is -0.842. The smallest absolute Gasteiger partial charge is 0.265 e. The second-order valence-electron chi connectivity index (χ2n) is 4.72. The highest BCUT2D eigenvalue weighted by Gasteiger charge is 2.20. The molecule has 0 fully saturated rings. The van der Waals surface area contributed by atoms with E-state index in [-0.39, 0.29) is 16.2 Å². The fourth-order valence-electron chi connectivity index (χ4n) is 2.01. The monoisotopic (exact) mass is 350 g/mol. The minimum Gasteiger partial charge on any atom is -0.545 e. The molecule has 0 aromatic heterocycles. The van der Waals surface area contributed by atoms with Crippen LogP contribution >= 0.6 is 0 Å². The summed E-state index contributed by atoms with van der Waals surface area (Å²) in [4.78, 5) is 10.7. The normalized spacial score (nSPS) is 10.9. The van der Waals surface area contributed by atoms with Gasteiger partial charge in [0, 0.05) is 5.69 Å². The maximum Gasteiger partial charge on any atom is 0.265 e. The third kappa shape index (κ3) is 3.96. The molecule has 0 heterocycles. The molecule has 2 rings (SSSR count). The van der Waals surface area contributed by atoms with E-state index in [4.69, 9.17) is 9.47 Å². The number of carbonyl (C=O) groups excluding carboxylic acids is 1. The first kappa shape index (κ1) is 17.6. The predicted octanol–water partition coefficient (Wildman–Crippen LogP) is 1.26. The molecule has 0 aliphatic heterocycles. The van der Waals surface area contributed by atoms with Gasteiger partial charge in [-0.2, -0.15) is 0 Å². The van der Waals surface area contributed by atoms with Crippen LogP contribution in [-0.2, 0) is 10.0 Å². The van der Waals surface area contributed by atoms with Gasteiger partial charge in [0.05, 0.1) is 19.7 Å². The summed E-state index contributed by atoms with van der Waals surface area (Å²) in [6.45, 7) is 2.34. The molecule has 0 aliphatic carbocycles. The van der Waals surface area contributed by atoms with E-state index in [1.54, 1.807) is 12.1 Å².